The Kier molecular flexibility index (Phi) is 17.5. The van der Waals surface area contributed by atoms with Crippen LogP contribution in [0, 0.1) is 0 Å². The molecule has 9 rings (SSSR count). The second-order valence-electron chi connectivity index (χ2n) is 18.6. The molecule has 2 amide bonds. The first kappa shape index (κ1) is 56.2. The van der Waals surface area contributed by atoms with Crippen molar-refractivity contribution in [1.29, 1.82) is 0 Å². The third kappa shape index (κ3) is 13.3. The number of pyridine rings is 3. The Morgan fingerprint density at radius 1 is 0.727 bits per heavy atom. The van der Waals surface area contributed by atoms with Crippen molar-refractivity contribution in [2.45, 2.75) is 88.1 Å². The predicted molar refractivity (Wildman–Crippen MR) is 289 cm³/mol. The number of aryl methyl sites for hydroxylation is 2. The number of rotatable bonds is 12. The predicted octanol–water partition coefficient (Wildman–Crippen LogP) is 4.85. The highest BCUT2D eigenvalue weighted by atomic mass is 32.2. The minimum Gasteiger partial charge on any atom is -0.806 e. The van der Waals surface area contributed by atoms with Gasteiger partial charge in [-0.1, -0.05) is 24.3 Å². The number of hydrogen-bond donors (Lipinski definition) is 3. The van der Waals surface area contributed by atoms with Crippen molar-refractivity contribution in [2.75, 3.05) is 44.3 Å². The molecule has 5 heterocycles. The number of aromatic nitrogens is 7. The molecule has 404 valence electrons. The lowest BCUT2D eigenvalue weighted by Crippen LogP contribution is -2.51. The van der Waals surface area contributed by atoms with E-state index >= 15 is 0 Å². The van der Waals surface area contributed by atoms with Crippen LogP contribution in [-0.2, 0) is 45.7 Å². The van der Waals surface area contributed by atoms with Gasteiger partial charge in [-0.3, -0.25) is 9.13 Å². The van der Waals surface area contributed by atoms with Gasteiger partial charge in [0, 0.05) is 102 Å². The van der Waals surface area contributed by atoms with E-state index in [9.17, 15) is 36.3 Å². The third-order valence-electron chi connectivity index (χ3n) is 12.6. The number of ether oxygens (including phenoxy) is 2. The zero-order valence-electron chi connectivity index (χ0n) is 43.8. The van der Waals surface area contributed by atoms with Gasteiger partial charge in [-0.05, 0) is 112 Å². The number of benzene rings is 2. The van der Waals surface area contributed by atoms with E-state index in [1.165, 1.54) is 47.8 Å². The van der Waals surface area contributed by atoms with Crippen LogP contribution in [0.3, 0.4) is 0 Å². The van der Waals surface area contributed by atoms with Gasteiger partial charge >= 0.3 is 27.4 Å². The summed E-state index contributed by atoms with van der Waals surface area (Å²) in [5.74, 6) is 1.04. The topological polar surface area (TPSA) is 292 Å². The monoisotopic (exact) mass is 1090 g/mol. The summed E-state index contributed by atoms with van der Waals surface area (Å²) in [4.78, 5) is 53.0. The molecule has 2 aliphatic rings. The second kappa shape index (κ2) is 24.0. The van der Waals surface area contributed by atoms with Crippen molar-refractivity contribution < 1.29 is 40.8 Å². The van der Waals surface area contributed by atoms with E-state index in [4.69, 9.17) is 15.2 Å². The number of methoxy groups -OCH3 is 2. The number of carbonyl (C=O) groups excluding carboxylic acids is 1. The SMILES string of the molecule is CC(C)n1cc(S(=O)(=O)N=C([O-])[n+]2ccc(N(C)C)cc2)cnc1=O.COc1cc(-c2ccc3c(c2N)CCC3)ccn1.COc1cc(-c2ccc3c(c2NC(=O)NS(=O)(=O)c2cnc(=O)n(C(C)C)c2)CCC3)ccn1. The van der Waals surface area contributed by atoms with Gasteiger partial charge in [-0.15, -0.1) is 0 Å². The number of anilines is 3. The highest BCUT2D eigenvalue weighted by Gasteiger charge is 2.26. The summed E-state index contributed by atoms with van der Waals surface area (Å²) < 4.78 is 69.4. The van der Waals surface area contributed by atoms with Crippen molar-refractivity contribution in [3.05, 3.63) is 153 Å². The molecule has 0 fully saturated rings. The molecule has 0 bridgehead atoms. The average Bonchev–Trinajstić information content (AvgIpc) is 4.11. The highest BCUT2D eigenvalue weighted by molar-refractivity contribution is 7.90. The molecule has 0 aliphatic heterocycles. The summed E-state index contributed by atoms with van der Waals surface area (Å²) in [5.41, 5.74) is 15.9. The minimum atomic E-state index is -4.28. The maximum atomic E-state index is 12.9. The number of sulfonamides is 2. The molecule has 5 aromatic heterocycles. The molecular formula is C53H60N12O10S2. The Morgan fingerprint density at radius 2 is 1.23 bits per heavy atom. The molecule has 7 aromatic rings. The molecule has 0 unspecified atom stereocenters. The van der Waals surface area contributed by atoms with E-state index in [0.717, 1.165) is 105 Å². The smallest absolute Gasteiger partial charge is 0.372 e. The van der Waals surface area contributed by atoms with Gasteiger partial charge in [0.25, 0.3) is 16.0 Å². The average molecular weight is 1090 g/mol. The summed E-state index contributed by atoms with van der Waals surface area (Å²) in [7, 11) is -1.73. The Labute approximate surface area is 446 Å². The van der Waals surface area contributed by atoms with Crippen molar-refractivity contribution in [3.63, 3.8) is 0 Å². The quantitative estimate of drug-likeness (QED) is 0.0638. The van der Waals surface area contributed by atoms with E-state index in [2.05, 4.69) is 41.8 Å². The minimum absolute atomic E-state index is 0.279. The zero-order valence-corrected chi connectivity index (χ0v) is 45.4. The van der Waals surface area contributed by atoms with Gasteiger partial charge < -0.3 is 30.5 Å². The number of nitrogens with zero attached hydrogens (tertiary/aromatic N) is 9. The Balaban J connectivity index is 0.000000176. The van der Waals surface area contributed by atoms with E-state index in [0.29, 0.717) is 17.4 Å². The molecule has 2 aliphatic carbocycles. The molecule has 22 nitrogen and oxygen atoms in total. The number of hydrogen-bond acceptors (Lipinski definition) is 16. The number of amides is 2. The summed E-state index contributed by atoms with van der Waals surface area (Å²) in [6, 6.07) is 16.5. The highest BCUT2D eigenvalue weighted by Crippen LogP contribution is 2.39. The second-order valence-corrected chi connectivity index (χ2v) is 21.9. The van der Waals surface area contributed by atoms with Crippen molar-refractivity contribution in [3.8, 4) is 34.0 Å². The third-order valence-corrected chi connectivity index (χ3v) is 15.1. The van der Waals surface area contributed by atoms with Crippen molar-refractivity contribution >= 4 is 49.2 Å². The van der Waals surface area contributed by atoms with Crippen LogP contribution in [0.5, 0.6) is 11.8 Å². The van der Waals surface area contributed by atoms with Crippen LogP contribution in [0.25, 0.3) is 22.3 Å². The molecular weight excluding hydrogens is 1030 g/mol. The van der Waals surface area contributed by atoms with Crippen LogP contribution in [0.15, 0.2) is 134 Å². The molecule has 24 heteroatoms. The lowest BCUT2D eigenvalue weighted by atomic mass is 9.98. The van der Waals surface area contributed by atoms with Crippen LogP contribution >= 0.6 is 0 Å². The first-order valence-electron chi connectivity index (χ1n) is 24.4. The first-order valence-corrected chi connectivity index (χ1v) is 27.3. The summed E-state index contributed by atoms with van der Waals surface area (Å²) in [6.07, 6.45) is 16.4. The zero-order chi connectivity index (χ0) is 55.8. The van der Waals surface area contributed by atoms with Gasteiger partial charge in [0.15, 0.2) is 0 Å². The fourth-order valence-electron chi connectivity index (χ4n) is 8.57. The van der Waals surface area contributed by atoms with Crippen molar-refractivity contribution in [2.24, 2.45) is 4.40 Å². The van der Waals surface area contributed by atoms with E-state index in [1.807, 2.05) is 48.0 Å². The molecule has 0 spiro atoms. The number of nitrogen functional groups attached to an aromatic ring is 1. The van der Waals surface area contributed by atoms with Crippen LogP contribution in [-0.4, -0.2) is 86.3 Å². The standard InChI is InChI=1S/C23H25N5O5S.C15H19N5O4S.C15H16N2O/c1-14(2)28-13-17(12-25-23(28)30)34(31,32)27-22(29)26-21-18-6-4-5-15(18)7-8-19(21)16-9-10-24-20(11-16)33-3;1-11(2)20-10-13(9-16-14(20)21)25(23,24)17-15(22)19-7-5-12(6-8-19)18(3)4;1-18-14-9-11(7-8-17-14)13-6-5-10-3-2-4-12(10)15(13)16/h7-14H,4-6H2,1-3H3,(H2,26,27,29);5-11H,1-4H3;5-9H,2-4,16H2,1H3. The number of nitrogens with two attached hydrogens (primary N) is 1. The molecule has 0 saturated carbocycles. The van der Waals surface area contributed by atoms with E-state index < -0.39 is 43.5 Å². The number of urea groups is 1. The summed E-state index contributed by atoms with van der Waals surface area (Å²) >= 11 is 0. The van der Waals surface area contributed by atoms with Crippen LogP contribution < -0.4 is 51.2 Å². The Bertz CT molecular complexity index is 3700. The largest absolute Gasteiger partial charge is 0.806 e. The van der Waals surface area contributed by atoms with Crippen LogP contribution in [0.1, 0.15) is 74.9 Å². The molecule has 0 radical (unpaired) electrons. The van der Waals surface area contributed by atoms with Gasteiger partial charge in [-0.25, -0.2) is 52.0 Å². The lowest BCUT2D eigenvalue weighted by Gasteiger charge is -2.17. The number of carbonyl (C=O) groups is 1. The maximum Gasteiger partial charge on any atom is 0.372 e. The van der Waals surface area contributed by atoms with Gasteiger partial charge in [-0.2, -0.15) is 8.42 Å². The van der Waals surface area contributed by atoms with E-state index in [-0.39, 0.29) is 21.9 Å². The molecule has 2 aromatic carbocycles. The molecule has 4 N–H and O–H groups in total. The first-order chi connectivity index (χ1) is 36.6. The fraction of sp³-hybridized carbons (Fsp3) is 0.302. The van der Waals surface area contributed by atoms with E-state index in [1.54, 1.807) is 71.5 Å². The number of nitrogens with one attached hydrogen (secondary N) is 2. The normalized spacial score (nSPS) is 12.9. The lowest BCUT2D eigenvalue weighted by molar-refractivity contribution is -0.613. The Morgan fingerprint density at radius 3 is 1.78 bits per heavy atom. The molecule has 77 heavy (non-hydrogen) atoms. The maximum absolute atomic E-state index is 12.9. The van der Waals surface area contributed by atoms with Crippen molar-refractivity contribution in [1.82, 2.24) is 33.8 Å². The van der Waals surface area contributed by atoms with Gasteiger partial charge in [0.2, 0.25) is 11.8 Å². The molecule has 0 saturated heterocycles. The van der Waals surface area contributed by atoms with Gasteiger partial charge in [0.05, 0.1) is 44.7 Å². The van der Waals surface area contributed by atoms with Crippen LogP contribution in [0.4, 0.5) is 21.9 Å². The Hall–Kier alpha value is -8.51. The van der Waals surface area contributed by atoms with Crippen LogP contribution in [0.2, 0.25) is 0 Å². The fourth-order valence-corrected chi connectivity index (χ4v) is 10.3. The number of fused-ring (bicyclic) bond motifs is 2. The van der Waals surface area contributed by atoms with Gasteiger partial charge in [0.1, 0.15) is 9.79 Å². The summed E-state index contributed by atoms with van der Waals surface area (Å²) in [6.45, 7) is 6.88. The molecule has 0 atom stereocenters. The summed E-state index contributed by atoms with van der Waals surface area (Å²) in [5, 5.41) is 14.9.